The van der Waals surface area contributed by atoms with Crippen molar-refractivity contribution in [2.75, 3.05) is 6.61 Å². The minimum Gasteiger partial charge on any atom is -0.490 e. The molecule has 1 N–H and O–H groups in total. The largest absolute Gasteiger partial charge is 0.490 e. The first-order valence-electron chi connectivity index (χ1n) is 5.13. The minimum absolute atomic E-state index is 0.243. The Hall–Kier alpha value is -1.38. The van der Waals surface area contributed by atoms with E-state index < -0.39 is 0 Å². The zero-order valence-corrected chi connectivity index (χ0v) is 9.14. The number of nitrogens with one attached hydrogen (secondary N) is 1. The monoisotopic (exact) mass is 209 g/mol. The molecule has 0 aromatic heterocycles. The first-order chi connectivity index (χ1) is 7.15. The van der Waals surface area contributed by atoms with E-state index in [0.717, 1.165) is 12.8 Å². The molecule has 0 saturated heterocycles. The van der Waals surface area contributed by atoms with Crippen LogP contribution in [0.2, 0.25) is 0 Å². The van der Waals surface area contributed by atoms with Crippen LogP contribution in [-0.2, 0) is 0 Å². The fourth-order valence-corrected chi connectivity index (χ4v) is 1.17. The van der Waals surface area contributed by atoms with E-state index in [1.165, 1.54) is 6.07 Å². The van der Waals surface area contributed by atoms with Gasteiger partial charge in [-0.2, -0.15) is 0 Å². The first-order valence-corrected chi connectivity index (χ1v) is 5.13. The Bertz CT molecular complexity index is 349. The third-order valence-corrected chi connectivity index (χ3v) is 2.12. The molecule has 3 heteroatoms. The van der Waals surface area contributed by atoms with Crippen LogP contribution in [0.25, 0.3) is 0 Å². The molecule has 0 unspecified atom stereocenters. The Kier molecular flexibility index (Phi) is 4.28. The van der Waals surface area contributed by atoms with E-state index in [-0.39, 0.29) is 11.6 Å². The molecule has 0 amide bonds. The average Bonchev–Trinajstić information content (AvgIpc) is 2.20. The van der Waals surface area contributed by atoms with Gasteiger partial charge in [0, 0.05) is 5.71 Å². The highest BCUT2D eigenvalue weighted by molar-refractivity contribution is 5.96. The third-order valence-electron chi connectivity index (χ3n) is 2.12. The van der Waals surface area contributed by atoms with Crippen LogP contribution in [0.15, 0.2) is 18.2 Å². The maximum absolute atomic E-state index is 13.3. The molecular weight excluding hydrogens is 193 g/mol. The molecular formula is C12H16FNO. The summed E-state index contributed by atoms with van der Waals surface area (Å²) in [6, 6.07) is 4.51. The quantitative estimate of drug-likeness (QED) is 0.585. The van der Waals surface area contributed by atoms with Gasteiger partial charge in [0.1, 0.15) is 0 Å². The van der Waals surface area contributed by atoms with Crippen molar-refractivity contribution in [3.63, 3.8) is 0 Å². The van der Waals surface area contributed by atoms with E-state index in [0.29, 0.717) is 17.9 Å². The molecule has 15 heavy (non-hydrogen) atoms. The molecule has 0 radical (unpaired) electrons. The number of benzene rings is 1. The van der Waals surface area contributed by atoms with Crippen LogP contribution >= 0.6 is 0 Å². The van der Waals surface area contributed by atoms with Crippen molar-refractivity contribution in [2.45, 2.75) is 26.7 Å². The van der Waals surface area contributed by atoms with Crippen molar-refractivity contribution >= 4 is 5.71 Å². The number of hydrogen-bond donors (Lipinski definition) is 1. The predicted octanol–water partition coefficient (Wildman–Crippen LogP) is 3.39. The van der Waals surface area contributed by atoms with Crippen LogP contribution in [0.3, 0.4) is 0 Å². The molecule has 0 aliphatic carbocycles. The van der Waals surface area contributed by atoms with Crippen LogP contribution in [0.4, 0.5) is 4.39 Å². The van der Waals surface area contributed by atoms with Gasteiger partial charge < -0.3 is 10.1 Å². The lowest BCUT2D eigenvalue weighted by Crippen LogP contribution is -2.01. The maximum Gasteiger partial charge on any atom is 0.165 e. The summed E-state index contributed by atoms with van der Waals surface area (Å²) in [5.74, 6) is -0.122. The van der Waals surface area contributed by atoms with Gasteiger partial charge >= 0.3 is 0 Å². The van der Waals surface area contributed by atoms with Crippen molar-refractivity contribution in [3.8, 4) is 5.75 Å². The van der Waals surface area contributed by atoms with Gasteiger partial charge in [-0.05, 0) is 31.0 Å². The molecule has 0 fully saturated rings. The first kappa shape index (κ1) is 11.7. The summed E-state index contributed by atoms with van der Waals surface area (Å²) in [5.41, 5.74) is 1.11. The summed E-state index contributed by atoms with van der Waals surface area (Å²) in [5, 5.41) is 7.44. The number of ether oxygens (including phenoxy) is 1. The average molecular weight is 209 g/mol. The summed E-state index contributed by atoms with van der Waals surface area (Å²) in [6.07, 6.45) is 1.93. The number of halogens is 1. The molecule has 1 aromatic rings. The third kappa shape index (κ3) is 3.35. The van der Waals surface area contributed by atoms with E-state index in [4.69, 9.17) is 10.1 Å². The Morgan fingerprint density at radius 3 is 2.80 bits per heavy atom. The SMILES string of the molecule is CCCCOc1cc(C(C)=N)ccc1F. The van der Waals surface area contributed by atoms with Gasteiger partial charge in [-0.15, -0.1) is 0 Å². The van der Waals surface area contributed by atoms with Crippen molar-refractivity contribution in [2.24, 2.45) is 0 Å². The lowest BCUT2D eigenvalue weighted by molar-refractivity contribution is 0.294. The van der Waals surface area contributed by atoms with Crippen molar-refractivity contribution < 1.29 is 9.13 Å². The lowest BCUT2D eigenvalue weighted by atomic mass is 10.1. The summed E-state index contributed by atoms with van der Waals surface area (Å²) in [4.78, 5) is 0. The number of hydrogen-bond acceptors (Lipinski definition) is 2. The smallest absolute Gasteiger partial charge is 0.165 e. The Balaban J connectivity index is 2.76. The standard InChI is InChI=1S/C12H16FNO/c1-3-4-7-15-12-8-10(9(2)14)5-6-11(12)13/h5-6,8,14H,3-4,7H2,1-2H3. The van der Waals surface area contributed by atoms with Crippen LogP contribution in [-0.4, -0.2) is 12.3 Å². The van der Waals surface area contributed by atoms with Crippen LogP contribution in [0.5, 0.6) is 5.75 Å². The second-order valence-electron chi connectivity index (χ2n) is 3.47. The summed E-state index contributed by atoms with van der Waals surface area (Å²) in [6.45, 7) is 4.24. The molecule has 0 atom stereocenters. The van der Waals surface area contributed by atoms with Gasteiger partial charge in [0.2, 0.25) is 0 Å². The molecule has 0 heterocycles. The highest BCUT2D eigenvalue weighted by Gasteiger charge is 2.05. The van der Waals surface area contributed by atoms with Gasteiger partial charge in [-0.1, -0.05) is 19.4 Å². The summed E-state index contributed by atoms with van der Waals surface area (Å²) in [7, 11) is 0. The topological polar surface area (TPSA) is 33.1 Å². The zero-order valence-electron chi connectivity index (χ0n) is 9.14. The summed E-state index contributed by atoms with van der Waals surface area (Å²) >= 11 is 0. The Labute approximate surface area is 89.6 Å². The molecule has 0 spiro atoms. The molecule has 0 aliphatic heterocycles. The molecule has 1 aromatic carbocycles. The van der Waals surface area contributed by atoms with E-state index in [1.54, 1.807) is 19.1 Å². The highest BCUT2D eigenvalue weighted by Crippen LogP contribution is 2.19. The van der Waals surface area contributed by atoms with Gasteiger partial charge in [0.15, 0.2) is 11.6 Å². The normalized spacial score (nSPS) is 10.1. The van der Waals surface area contributed by atoms with Gasteiger partial charge in [0.05, 0.1) is 6.61 Å². The molecule has 0 aliphatic rings. The van der Waals surface area contributed by atoms with E-state index in [9.17, 15) is 4.39 Å². The predicted molar refractivity (Wildman–Crippen MR) is 59.3 cm³/mol. The van der Waals surface area contributed by atoms with Crippen molar-refractivity contribution in [3.05, 3.63) is 29.6 Å². The second kappa shape index (κ2) is 5.49. The highest BCUT2D eigenvalue weighted by atomic mass is 19.1. The second-order valence-corrected chi connectivity index (χ2v) is 3.47. The van der Waals surface area contributed by atoms with Gasteiger partial charge in [-0.3, -0.25) is 0 Å². The minimum atomic E-state index is -0.365. The molecule has 2 nitrogen and oxygen atoms in total. The summed E-state index contributed by atoms with van der Waals surface area (Å²) < 4.78 is 18.6. The molecule has 82 valence electrons. The Morgan fingerprint density at radius 1 is 1.47 bits per heavy atom. The van der Waals surface area contributed by atoms with E-state index >= 15 is 0 Å². The van der Waals surface area contributed by atoms with E-state index in [2.05, 4.69) is 6.92 Å². The van der Waals surface area contributed by atoms with Crippen LogP contribution < -0.4 is 4.74 Å². The van der Waals surface area contributed by atoms with Crippen molar-refractivity contribution in [1.29, 1.82) is 5.41 Å². The van der Waals surface area contributed by atoms with Crippen LogP contribution in [0, 0.1) is 11.2 Å². The molecule has 0 bridgehead atoms. The Morgan fingerprint density at radius 2 is 2.20 bits per heavy atom. The van der Waals surface area contributed by atoms with E-state index in [1.807, 2.05) is 0 Å². The van der Waals surface area contributed by atoms with Crippen LogP contribution in [0.1, 0.15) is 32.3 Å². The van der Waals surface area contributed by atoms with Crippen molar-refractivity contribution in [1.82, 2.24) is 0 Å². The molecule has 1 rings (SSSR count). The molecule has 0 saturated carbocycles. The fourth-order valence-electron chi connectivity index (χ4n) is 1.17. The lowest BCUT2D eigenvalue weighted by Gasteiger charge is -2.08. The maximum atomic E-state index is 13.3. The van der Waals surface area contributed by atoms with Gasteiger partial charge in [0.25, 0.3) is 0 Å². The number of unbranched alkanes of at least 4 members (excludes halogenated alkanes) is 1. The van der Waals surface area contributed by atoms with Gasteiger partial charge in [-0.25, -0.2) is 4.39 Å². The zero-order chi connectivity index (χ0) is 11.3. The number of rotatable bonds is 5. The fraction of sp³-hybridized carbons (Fsp3) is 0.417.